The van der Waals surface area contributed by atoms with Gasteiger partial charge < -0.3 is 10.2 Å². The second-order valence-corrected chi connectivity index (χ2v) is 7.53. The number of hydrogen-bond donors (Lipinski definition) is 1. The van der Waals surface area contributed by atoms with Gasteiger partial charge in [0, 0.05) is 38.4 Å². The van der Waals surface area contributed by atoms with Crippen LogP contribution >= 0.6 is 0 Å². The molecule has 4 nitrogen and oxygen atoms in total. The van der Waals surface area contributed by atoms with E-state index in [9.17, 15) is 4.79 Å². The van der Waals surface area contributed by atoms with E-state index in [1.165, 1.54) is 16.8 Å². The van der Waals surface area contributed by atoms with Gasteiger partial charge in [-0.1, -0.05) is 42.0 Å². The number of nitrogens with one attached hydrogen (secondary N) is 1. The van der Waals surface area contributed by atoms with Crippen LogP contribution in [0.25, 0.3) is 0 Å². The lowest BCUT2D eigenvalue weighted by Crippen LogP contribution is -2.47. The molecular weight excluding hydrogens is 334 g/mol. The van der Waals surface area contributed by atoms with Crippen LogP contribution in [0.5, 0.6) is 0 Å². The van der Waals surface area contributed by atoms with E-state index in [0.29, 0.717) is 6.42 Å². The summed E-state index contributed by atoms with van der Waals surface area (Å²) in [5, 5.41) is 3.05. The molecule has 1 aliphatic rings. The van der Waals surface area contributed by atoms with Crippen LogP contribution in [0, 0.1) is 13.8 Å². The highest BCUT2D eigenvalue weighted by atomic mass is 16.1. The van der Waals surface area contributed by atoms with Crippen LogP contribution in [-0.4, -0.2) is 50.1 Å². The van der Waals surface area contributed by atoms with E-state index in [4.69, 9.17) is 0 Å². The lowest BCUT2D eigenvalue weighted by atomic mass is 10.1. The number of anilines is 1. The fraction of sp³-hybridized carbons (Fsp3) is 0.435. The van der Waals surface area contributed by atoms with Gasteiger partial charge in [0.15, 0.2) is 0 Å². The third-order valence-electron chi connectivity index (χ3n) is 5.20. The molecule has 0 unspecified atom stereocenters. The van der Waals surface area contributed by atoms with Crippen LogP contribution in [-0.2, 0) is 11.2 Å². The molecule has 0 aliphatic carbocycles. The summed E-state index contributed by atoms with van der Waals surface area (Å²) in [4.78, 5) is 17.0. The number of benzene rings is 2. The van der Waals surface area contributed by atoms with Gasteiger partial charge >= 0.3 is 0 Å². The Morgan fingerprint density at radius 2 is 1.70 bits per heavy atom. The van der Waals surface area contributed by atoms with Crippen LogP contribution < -0.4 is 10.2 Å². The van der Waals surface area contributed by atoms with Crippen molar-refractivity contribution in [1.82, 2.24) is 10.2 Å². The van der Waals surface area contributed by atoms with Crippen LogP contribution in [0.15, 0.2) is 48.5 Å². The highest BCUT2D eigenvalue weighted by Crippen LogP contribution is 2.17. The third kappa shape index (κ3) is 6.10. The molecule has 1 fully saturated rings. The molecule has 4 heteroatoms. The lowest BCUT2D eigenvalue weighted by molar-refractivity contribution is -0.120. The minimum absolute atomic E-state index is 0.114. The average molecular weight is 366 g/mol. The number of nitrogens with zero attached hydrogens (tertiary/aromatic N) is 2. The van der Waals surface area contributed by atoms with Gasteiger partial charge in [0.25, 0.3) is 0 Å². The molecule has 27 heavy (non-hydrogen) atoms. The maximum atomic E-state index is 12.0. The standard InChI is InChI=1S/C23H31N3O/c1-19-7-9-21(10-8-19)18-23(27)24-11-4-12-25-13-15-26(16-14-25)22-6-3-5-20(2)17-22/h3,5-10,17H,4,11-16,18H2,1-2H3,(H,24,27). The minimum atomic E-state index is 0.114. The van der Waals surface area contributed by atoms with Gasteiger partial charge in [-0.25, -0.2) is 0 Å². The second-order valence-electron chi connectivity index (χ2n) is 7.53. The first kappa shape index (κ1) is 19.4. The van der Waals surface area contributed by atoms with E-state index < -0.39 is 0 Å². The molecule has 1 heterocycles. The van der Waals surface area contributed by atoms with E-state index in [1.54, 1.807) is 0 Å². The summed E-state index contributed by atoms with van der Waals surface area (Å²) in [5.74, 6) is 0.114. The summed E-state index contributed by atoms with van der Waals surface area (Å²) in [6, 6.07) is 16.9. The van der Waals surface area contributed by atoms with E-state index in [2.05, 4.69) is 65.4 Å². The molecule has 1 saturated heterocycles. The minimum Gasteiger partial charge on any atom is -0.369 e. The van der Waals surface area contributed by atoms with Gasteiger partial charge in [0.05, 0.1) is 6.42 Å². The summed E-state index contributed by atoms with van der Waals surface area (Å²) >= 11 is 0. The largest absolute Gasteiger partial charge is 0.369 e. The molecule has 0 aromatic heterocycles. The fourth-order valence-corrected chi connectivity index (χ4v) is 3.54. The molecule has 0 spiro atoms. The summed E-state index contributed by atoms with van der Waals surface area (Å²) < 4.78 is 0. The quantitative estimate of drug-likeness (QED) is 0.766. The van der Waals surface area contributed by atoms with Gasteiger partial charge in [-0.05, 0) is 50.1 Å². The third-order valence-corrected chi connectivity index (χ3v) is 5.20. The highest BCUT2D eigenvalue weighted by molar-refractivity contribution is 5.78. The molecule has 2 aromatic rings. The van der Waals surface area contributed by atoms with Crippen LogP contribution in [0.2, 0.25) is 0 Å². The lowest BCUT2D eigenvalue weighted by Gasteiger charge is -2.36. The Kier molecular flexibility index (Phi) is 6.88. The molecular formula is C23H31N3O. The molecule has 0 radical (unpaired) electrons. The van der Waals surface area contributed by atoms with Gasteiger partial charge in [-0.15, -0.1) is 0 Å². The molecule has 1 aliphatic heterocycles. The number of rotatable bonds is 7. The SMILES string of the molecule is Cc1ccc(CC(=O)NCCCN2CCN(c3cccc(C)c3)CC2)cc1. The summed E-state index contributed by atoms with van der Waals surface area (Å²) in [6.07, 6.45) is 1.47. The van der Waals surface area contributed by atoms with Gasteiger partial charge in [0.2, 0.25) is 5.91 Å². The Morgan fingerprint density at radius 1 is 0.963 bits per heavy atom. The summed E-state index contributed by atoms with van der Waals surface area (Å²) in [5.41, 5.74) is 4.95. The first-order chi connectivity index (χ1) is 13.1. The average Bonchev–Trinajstić information content (AvgIpc) is 2.68. The second kappa shape index (κ2) is 9.56. The highest BCUT2D eigenvalue weighted by Gasteiger charge is 2.16. The van der Waals surface area contributed by atoms with Crippen molar-refractivity contribution in [2.45, 2.75) is 26.7 Å². The topological polar surface area (TPSA) is 35.6 Å². The Hall–Kier alpha value is -2.33. The zero-order chi connectivity index (χ0) is 19.1. The van der Waals surface area contributed by atoms with Crippen molar-refractivity contribution in [2.75, 3.05) is 44.2 Å². The number of carbonyl (C=O) groups excluding carboxylic acids is 1. The van der Waals surface area contributed by atoms with Crippen LogP contribution in [0.3, 0.4) is 0 Å². The molecule has 0 saturated carbocycles. The molecule has 1 amide bonds. The van der Waals surface area contributed by atoms with Crippen molar-refractivity contribution in [2.24, 2.45) is 0 Å². The molecule has 144 valence electrons. The van der Waals surface area contributed by atoms with Crippen molar-refractivity contribution in [3.63, 3.8) is 0 Å². The number of aryl methyl sites for hydroxylation is 2. The Morgan fingerprint density at radius 3 is 2.41 bits per heavy atom. The van der Waals surface area contributed by atoms with E-state index >= 15 is 0 Å². The summed E-state index contributed by atoms with van der Waals surface area (Å²) in [6.45, 7) is 10.3. The number of piperazine rings is 1. The van der Waals surface area contributed by atoms with Crippen molar-refractivity contribution >= 4 is 11.6 Å². The van der Waals surface area contributed by atoms with Gasteiger partial charge in [-0.2, -0.15) is 0 Å². The van der Waals surface area contributed by atoms with Gasteiger partial charge in [0.1, 0.15) is 0 Å². The zero-order valence-electron chi connectivity index (χ0n) is 16.6. The molecule has 1 N–H and O–H groups in total. The fourth-order valence-electron chi connectivity index (χ4n) is 3.54. The van der Waals surface area contributed by atoms with Crippen LogP contribution in [0.1, 0.15) is 23.1 Å². The Balaban J connectivity index is 1.31. The van der Waals surface area contributed by atoms with Gasteiger partial charge in [-0.3, -0.25) is 9.69 Å². The number of hydrogen-bond acceptors (Lipinski definition) is 3. The first-order valence-corrected chi connectivity index (χ1v) is 9.96. The van der Waals surface area contributed by atoms with Crippen LogP contribution in [0.4, 0.5) is 5.69 Å². The van der Waals surface area contributed by atoms with Crippen molar-refractivity contribution in [1.29, 1.82) is 0 Å². The van der Waals surface area contributed by atoms with E-state index in [0.717, 1.165) is 51.3 Å². The maximum Gasteiger partial charge on any atom is 0.224 e. The van der Waals surface area contributed by atoms with Crippen molar-refractivity contribution < 1.29 is 4.79 Å². The number of carbonyl (C=O) groups is 1. The molecule has 3 rings (SSSR count). The summed E-state index contributed by atoms with van der Waals surface area (Å²) in [7, 11) is 0. The molecule has 2 aromatic carbocycles. The first-order valence-electron chi connectivity index (χ1n) is 9.96. The maximum absolute atomic E-state index is 12.0. The van der Waals surface area contributed by atoms with Crippen molar-refractivity contribution in [3.8, 4) is 0 Å². The predicted octanol–water partition coefficient (Wildman–Crippen LogP) is 3.17. The normalized spacial score (nSPS) is 15.0. The smallest absolute Gasteiger partial charge is 0.224 e. The zero-order valence-corrected chi connectivity index (χ0v) is 16.6. The molecule has 0 bridgehead atoms. The Labute approximate surface area is 163 Å². The Bertz CT molecular complexity index is 734. The predicted molar refractivity (Wildman–Crippen MR) is 112 cm³/mol. The monoisotopic (exact) mass is 365 g/mol. The van der Waals surface area contributed by atoms with Crippen molar-refractivity contribution in [3.05, 3.63) is 65.2 Å². The molecule has 0 atom stereocenters. The number of amides is 1. The van der Waals surface area contributed by atoms with E-state index in [1.807, 2.05) is 12.1 Å². The van der Waals surface area contributed by atoms with E-state index in [-0.39, 0.29) is 5.91 Å².